The van der Waals surface area contributed by atoms with Gasteiger partial charge in [0, 0.05) is 19.0 Å². The van der Waals surface area contributed by atoms with Gasteiger partial charge in [-0.25, -0.2) is 0 Å². The summed E-state index contributed by atoms with van der Waals surface area (Å²) in [5.74, 6) is 0.0129. The summed E-state index contributed by atoms with van der Waals surface area (Å²) in [6.07, 6.45) is 0.370. The Morgan fingerprint density at radius 3 is 2.61 bits per heavy atom. The van der Waals surface area contributed by atoms with Gasteiger partial charge in [-0.15, -0.1) is 0 Å². The molecule has 1 amide bonds. The van der Waals surface area contributed by atoms with Crippen LogP contribution in [0.2, 0.25) is 0 Å². The van der Waals surface area contributed by atoms with Crippen LogP contribution in [0.1, 0.15) is 38.3 Å². The van der Waals surface area contributed by atoms with E-state index in [0.29, 0.717) is 13.0 Å². The van der Waals surface area contributed by atoms with Crippen molar-refractivity contribution in [2.45, 2.75) is 46.7 Å². The average Bonchev–Trinajstić information content (AvgIpc) is 2.25. The van der Waals surface area contributed by atoms with Gasteiger partial charge in [0.2, 0.25) is 5.91 Å². The molecule has 100 valence electrons. The second-order valence-corrected chi connectivity index (χ2v) is 5.94. The van der Waals surface area contributed by atoms with E-state index >= 15 is 0 Å². The van der Waals surface area contributed by atoms with Crippen LogP contribution in [0, 0.1) is 12.3 Å². The summed E-state index contributed by atoms with van der Waals surface area (Å²) < 4.78 is 0. The third-order valence-corrected chi connectivity index (χ3v) is 3.09. The van der Waals surface area contributed by atoms with Crippen molar-refractivity contribution in [1.29, 1.82) is 0 Å². The van der Waals surface area contributed by atoms with Crippen LogP contribution in [0.5, 0.6) is 0 Å². The zero-order valence-corrected chi connectivity index (χ0v) is 11.8. The molecule has 0 spiro atoms. The molecule has 0 fully saturated rings. The molecule has 0 radical (unpaired) electrons. The monoisotopic (exact) mass is 248 g/mol. The van der Waals surface area contributed by atoms with Crippen molar-refractivity contribution in [1.82, 2.24) is 5.32 Å². The molecule has 0 aliphatic carbocycles. The largest absolute Gasteiger partial charge is 0.352 e. The van der Waals surface area contributed by atoms with E-state index in [-0.39, 0.29) is 17.4 Å². The smallest absolute Gasteiger partial charge is 0.221 e. The summed E-state index contributed by atoms with van der Waals surface area (Å²) in [6.45, 7) is 8.75. The Labute approximate surface area is 110 Å². The number of rotatable bonds is 4. The second-order valence-electron chi connectivity index (χ2n) is 5.94. The topological polar surface area (TPSA) is 55.1 Å². The van der Waals surface area contributed by atoms with E-state index in [0.717, 1.165) is 5.56 Å². The van der Waals surface area contributed by atoms with Gasteiger partial charge in [-0.05, 0) is 17.9 Å². The molecule has 1 aromatic rings. The first kappa shape index (κ1) is 14.7. The number of hydrogen-bond donors (Lipinski definition) is 2. The fourth-order valence-corrected chi connectivity index (χ4v) is 1.60. The molecule has 3 N–H and O–H groups in total. The summed E-state index contributed by atoms with van der Waals surface area (Å²) >= 11 is 0. The maximum Gasteiger partial charge on any atom is 0.221 e. The number of carbonyl (C=O) groups excluding carboxylic acids is 1. The van der Waals surface area contributed by atoms with E-state index in [1.807, 2.05) is 45.9 Å². The summed E-state index contributed by atoms with van der Waals surface area (Å²) in [6, 6.07) is 8.01. The van der Waals surface area contributed by atoms with E-state index in [4.69, 9.17) is 5.73 Å². The minimum Gasteiger partial charge on any atom is -0.352 e. The summed E-state index contributed by atoms with van der Waals surface area (Å²) in [7, 11) is 0. The number of aryl methyl sites for hydroxylation is 1. The lowest BCUT2D eigenvalue weighted by Gasteiger charge is -2.26. The first-order valence-corrected chi connectivity index (χ1v) is 6.37. The van der Waals surface area contributed by atoms with Gasteiger partial charge in [0.05, 0.1) is 0 Å². The molecular formula is C15H24N2O. The predicted molar refractivity (Wildman–Crippen MR) is 75.1 cm³/mol. The summed E-state index contributed by atoms with van der Waals surface area (Å²) in [4.78, 5) is 11.8. The van der Waals surface area contributed by atoms with E-state index < -0.39 is 0 Å². The highest BCUT2D eigenvalue weighted by molar-refractivity contribution is 5.76. The standard InChI is InChI=1S/C15H24N2O/c1-11-6-5-7-12(8-11)10-17-14(18)9-13(16)15(2,3)4/h5-8,13H,9-10,16H2,1-4H3,(H,17,18). The fourth-order valence-electron chi connectivity index (χ4n) is 1.60. The van der Waals surface area contributed by atoms with Crippen LogP contribution in [-0.2, 0) is 11.3 Å². The minimum absolute atomic E-state index is 0.0129. The van der Waals surface area contributed by atoms with Crippen LogP contribution < -0.4 is 11.1 Å². The first-order chi connectivity index (χ1) is 8.29. The van der Waals surface area contributed by atoms with Gasteiger partial charge in [0.25, 0.3) is 0 Å². The molecule has 1 rings (SSSR count). The van der Waals surface area contributed by atoms with Crippen molar-refractivity contribution in [2.75, 3.05) is 0 Å². The molecule has 0 bridgehead atoms. The Hall–Kier alpha value is -1.35. The van der Waals surface area contributed by atoms with Crippen LogP contribution in [0.15, 0.2) is 24.3 Å². The van der Waals surface area contributed by atoms with Gasteiger partial charge < -0.3 is 11.1 Å². The molecule has 3 heteroatoms. The Kier molecular flexibility index (Phi) is 4.91. The Bertz CT molecular complexity index is 407. The lowest BCUT2D eigenvalue weighted by Crippen LogP contribution is -2.40. The Morgan fingerprint density at radius 2 is 2.06 bits per heavy atom. The number of nitrogens with one attached hydrogen (secondary N) is 1. The van der Waals surface area contributed by atoms with Crippen molar-refractivity contribution >= 4 is 5.91 Å². The SMILES string of the molecule is Cc1cccc(CNC(=O)CC(N)C(C)(C)C)c1. The normalized spacial score (nSPS) is 13.2. The molecule has 3 nitrogen and oxygen atoms in total. The lowest BCUT2D eigenvalue weighted by atomic mass is 9.85. The van der Waals surface area contributed by atoms with Gasteiger partial charge in [-0.3, -0.25) is 4.79 Å². The van der Waals surface area contributed by atoms with Crippen LogP contribution >= 0.6 is 0 Å². The molecule has 1 unspecified atom stereocenters. The number of amides is 1. The molecule has 0 heterocycles. The van der Waals surface area contributed by atoms with Crippen molar-refractivity contribution in [3.63, 3.8) is 0 Å². The highest BCUT2D eigenvalue weighted by Crippen LogP contribution is 2.19. The van der Waals surface area contributed by atoms with Crippen LogP contribution in [0.3, 0.4) is 0 Å². The van der Waals surface area contributed by atoms with Gasteiger partial charge in [0.15, 0.2) is 0 Å². The van der Waals surface area contributed by atoms with E-state index in [1.165, 1.54) is 5.56 Å². The Balaban J connectivity index is 2.42. The second kappa shape index (κ2) is 6.01. The van der Waals surface area contributed by atoms with Crippen molar-refractivity contribution < 1.29 is 4.79 Å². The molecule has 0 saturated carbocycles. The van der Waals surface area contributed by atoms with Gasteiger partial charge in [-0.2, -0.15) is 0 Å². The number of carbonyl (C=O) groups is 1. The Morgan fingerprint density at radius 1 is 1.39 bits per heavy atom. The van der Waals surface area contributed by atoms with Crippen molar-refractivity contribution in [3.05, 3.63) is 35.4 Å². The third kappa shape index (κ3) is 4.88. The molecule has 1 atom stereocenters. The highest BCUT2D eigenvalue weighted by atomic mass is 16.1. The van der Waals surface area contributed by atoms with Gasteiger partial charge in [-0.1, -0.05) is 50.6 Å². The molecule has 0 saturated heterocycles. The lowest BCUT2D eigenvalue weighted by molar-refractivity contribution is -0.122. The first-order valence-electron chi connectivity index (χ1n) is 6.37. The molecule has 0 aliphatic heterocycles. The fraction of sp³-hybridized carbons (Fsp3) is 0.533. The molecular weight excluding hydrogens is 224 g/mol. The van der Waals surface area contributed by atoms with Gasteiger partial charge >= 0.3 is 0 Å². The third-order valence-electron chi connectivity index (χ3n) is 3.09. The summed E-state index contributed by atoms with van der Waals surface area (Å²) in [5.41, 5.74) is 8.26. The number of benzene rings is 1. The average molecular weight is 248 g/mol. The van der Waals surface area contributed by atoms with Gasteiger partial charge in [0.1, 0.15) is 0 Å². The quantitative estimate of drug-likeness (QED) is 0.859. The van der Waals surface area contributed by atoms with E-state index in [1.54, 1.807) is 0 Å². The zero-order chi connectivity index (χ0) is 13.8. The van der Waals surface area contributed by atoms with Crippen LogP contribution in [0.4, 0.5) is 0 Å². The van der Waals surface area contributed by atoms with E-state index in [2.05, 4.69) is 11.4 Å². The maximum atomic E-state index is 11.8. The minimum atomic E-state index is -0.116. The predicted octanol–water partition coefficient (Wildman–Crippen LogP) is 2.37. The van der Waals surface area contributed by atoms with Crippen LogP contribution in [0.25, 0.3) is 0 Å². The van der Waals surface area contributed by atoms with E-state index in [9.17, 15) is 4.79 Å². The molecule has 18 heavy (non-hydrogen) atoms. The summed E-state index contributed by atoms with van der Waals surface area (Å²) in [5, 5.41) is 2.91. The van der Waals surface area contributed by atoms with Crippen molar-refractivity contribution in [2.24, 2.45) is 11.1 Å². The van der Waals surface area contributed by atoms with Crippen LogP contribution in [-0.4, -0.2) is 11.9 Å². The van der Waals surface area contributed by atoms with Crippen molar-refractivity contribution in [3.8, 4) is 0 Å². The number of nitrogens with two attached hydrogens (primary N) is 1. The number of hydrogen-bond acceptors (Lipinski definition) is 2. The zero-order valence-electron chi connectivity index (χ0n) is 11.8. The maximum absolute atomic E-state index is 11.8. The molecule has 1 aromatic carbocycles. The molecule has 0 aliphatic rings. The highest BCUT2D eigenvalue weighted by Gasteiger charge is 2.22. The molecule has 0 aromatic heterocycles.